The first kappa shape index (κ1) is 22.0. The Hall–Kier alpha value is -3.19. The Morgan fingerprint density at radius 3 is 2.50 bits per heavy atom. The average molecular weight is 455 g/mol. The highest BCUT2D eigenvalue weighted by molar-refractivity contribution is 6.30. The van der Waals surface area contributed by atoms with Gasteiger partial charge in [-0.05, 0) is 49.4 Å². The van der Waals surface area contributed by atoms with Crippen LogP contribution >= 0.6 is 11.6 Å². The molecule has 1 atom stereocenters. The lowest BCUT2D eigenvalue weighted by atomic mass is 10.2. The number of halogens is 1. The van der Waals surface area contributed by atoms with E-state index in [4.69, 9.17) is 16.3 Å². The number of methoxy groups -OCH3 is 1. The van der Waals surface area contributed by atoms with E-state index >= 15 is 0 Å². The summed E-state index contributed by atoms with van der Waals surface area (Å²) in [6.07, 6.45) is 0. The molecule has 2 heterocycles. The lowest BCUT2D eigenvalue weighted by Crippen LogP contribution is -2.54. The maximum atomic E-state index is 13.0. The number of benzene rings is 2. The van der Waals surface area contributed by atoms with E-state index in [9.17, 15) is 9.59 Å². The summed E-state index contributed by atoms with van der Waals surface area (Å²) in [5, 5.41) is 4.47. The van der Waals surface area contributed by atoms with Crippen LogP contribution < -0.4 is 15.0 Å². The van der Waals surface area contributed by atoms with Crippen molar-refractivity contribution in [1.29, 1.82) is 0 Å². The van der Waals surface area contributed by atoms with Crippen molar-refractivity contribution in [1.82, 2.24) is 14.8 Å². The molecule has 0 saturated carbocycles. The minimum Gasteiger partial charge on any atom is -0.497 e. The monoisotopic (exact) mass is 454 g/mol. The van der Waals surface area contributed by atoms with E-state index in [-0.39, 0.29) is 11.8 Å². The Morgan fingerprint density at radius 2 is 1.81 bits per heavy atom. The number of fused-ring (bicyclic) bond motifs is 1. The van der Waals surface area contributed by atoms with Gasteiger partial charge in [0.1, 0.15) is 17.5 Å². The second kappa shape index (κ2) is 9.12. The van der Waals surface area contributed by atoms with Crippen molar-refractivity contribution < 1.29 is 14.3 Å². The number of rotatable bonds is 5. The number of carbonyl (C=O) groups is 2. The van der Waals surface area contributed by atoms with Gasteiger partial charge in [-0.1, -0.05) is 17.7 Å². The molecule has 0 spiro atoms. The fourth-order valence-corrected chi connectivity index (χ4v) is 4.32. The zero-order valence-electron chi connectivity index (χ0n) is 18.5. The van der Waals surface area contributed by atoms with Crippen molar-refractivity contribution in [2.75, 3.05) is 38.2 Å². The number of hydrogen-bond acceptors (Lipinski definition) is 4. The maximum absolute atomic E-state index is 13.0. The van der Waals surface area contributed by atoms with E-state index in [2.05, 4.69) is 10.2 Å². The van der Waals surface area contributed by atoms with Crippen molar-refractivity contribution in [3.63, 3.8) is 0 Å². The number of nitrogens with zero attached hydrogens (tertiary/aromatic N) is 3. The predicted octanol–water partition coefficient (Wildman–Crippen LogP) is 3.31. The molecule has 1 saturated heterocycles. The molecule has 1 aliphatic heterocycles. The highest BCUT2D eigenvalue weighted by Gasteiger charge is 2.27. The lowest BCUT2D eigenvalue weighted by Gasteiger charge is -2.37. The van der Waals surface area contributed by atoms with Crippen LogP contribution in [0.5, 0.6) is 5.75 Å². The molecule has 0 radical (unpaired) electrons. The van der Waals surface area contributed by atoms with E-state index < -0.39 is 6.04 Å². The van der Waals surface area contributed by atoms with Crippen molar-refractivity contribution in [2.24, 2.45) is 7.05 Å². The first-order valence-corrected chi connectivity index (χ1v) is 11.0. The summed E-state index contributed by atoms with van der Waals surface area (Å²) in [4.78, 5) is 29.9. The molecule has 1 unspecified atom stereocenters. The van der Waals surface area contributed by atoms with Crippen LogP contribution in [0.1, 0.15) is 17.4 Å². The third-order valence-corrected chi connectivity index (χ3v) is 6.20. The number of hydrogen-bond donors (Lipinski definition) is 1. The smallest absolute Gasteiger partial charge is 0.268 e. The first-order chi connectivity index (χ1) is 15.4. The summed E-state index contributed by atoms with van der Waals surface area (Å²) in [5.41, 5.74) is 2.48. The molecule has 0 bridgehead atoms. The van der Waals surface area contributed by atoms with Gasteiger partial charge in [-0.15, -0.1) is 0 Å². The molecule has 32 heavy (non-hydrogen) atoms. The second-order valence-electron chi connectivity index (χ2n) is 8.00. The minimum absolute atomic E-state index is 0.0791. The van der Waals surface area contributed by atoms with Gasteiger partial charge in [0, 0.05) is 54.8 Å². The Kier molecular flexibility index (Phi) is 6.28. The predicted molar refractivity (Wildman–Crippen MR) is 127 cm³/mol. The summed E-state index contributed by atoms with van der Waals surface area (Å²) >= 11 is 6.10. The quantitative estimate of drug-likeness (QED) is 0.642. The van der Waals surface area contributed by atoms with Gasteiger partial charge in [0.05, 0.1) is 7.11 Å². The van der Waals surface area contributed by atoms with Gasteiger partial charge in [0.15, 0.2) is 0 Å². The number of nitrogens with one attached hydrogen (secondary N) is 1. The van der Waals surface area contributed by atoms with E-state index in [0.29, 0.717) is 23.8 Å². The molecule has 7 nitrogen and oxygen atoms in total. The molecule has 1 aromatic heterocycles. The van der Waals surface area contributed by atoms with Gasteiger partial charge in [-0.25, -0.2) is 0 Å². The number of piperazine rings is 1. The SMILES string of the molecule is COc1ccc2c(c1)cc(C(=O)NC(C)C(=O)N1CCN(c3cccc(Cl)c3)CC1)n2C. The van der Waals surface area contributed by atoms with Gasteiger partial charge in [-0.3, -0.25) is 9.59 Å². The topological polar surface area (TPSA) is 66.8 Å². The molecule has 4 rings (SSSR count). The van der Waals surface area contributed by atoms with E-state index in [1.807, 2.05) is 60.1 Å². The van der Waals surface area contributed by atoms with E-state index in [1.54, 1.807) is 18.9 Å². The summed E-state index contributed by atoms with van der Waals surface area (Å²) in [6.45, 7) is 4.36. The van der Waals surface area contributed by atoms with Crippen LogP contribution in [0.15, 0.2) is 48.5 Å². The van der Waals surface area contributed by atoms with Crippen LogP contribution in [-0.2, 0) is 11.8 Å². The Bertz CT molecular complexity index is 1150. The lowest BCUT2D eigenvalue weighted by molar-refractivity contribution is -0.133. The van der Waals surface area contributed by atoms with Gasteiger partial charge in [0.25, 0.3) is 5.91 Å². The van der Waals surface area contributed by atoms with Crippen LogP contribution in [0.3, 0.4) is 0 Å². The number of aromatic nitrogens is 1. The average Bonchev–Trinajstić information content (AvgIpc) is 3.14. The number of anilines is 1. The summed E-state index contributed by atoms with van der Waals surface area (Å²) in [5.74, 6) is 0.376. The van der Waals surface area contributed by atoms with Gasteiger partial charge >= 0.3 is 0 Å². The standard InChI is InChI=1S/C24H27ClN4O3/c1-16(24(31)29-11-9-28(10-12-29)19-6-4-5-18(25)15-19)26-23(30)22-14-17-13-20(32-3)7-8-21(17)27(22)2/h4-8,13-16H,9-12H2,1-3H3,(H,26,30). The molecule has 168 valence electrons. The zero-order valence-corrected chi connectivity index (χ0v) is 19.2. The largest absolute Gasteiger partial charge is 0.497 e. The van der Waals surface area contributed by atoms with Crippen molar-refractivity contribution >= 4 is 40.0 Å². The Morgan fingerprint density at radius 1 is 1.06 bits per heavy atom. The minimum atomic E-state index is -0.618. The van der Waals surface area contributed by atoms with Crippen LogP contribution in [0.25, 0.3) is 10.9 Å². The van der Waals surface area contributed by atoms with Gasteiger partial charge in [0.2, 0.25) is 5.91 Å². The molecule has 1 fully saturated rings. The zero-order chi connectivity index (χ0) is 22.8. The molecule has 0 aliphatic carbocycles. The fourth-order valence-electron chi connectivity index (χ4n) is 4.14. The van der Waals surface area contributed by atoms with Crippen molar-refractivity contribution in [3.8, 4) is 5.75 Å². The van der Waals surface area contributed by atoms with Crippen molar-refractivity contribution in [2.45, 2.75) is 13.0 Å². The molecule has 2 aromatic carbocycles. The molecule has 1 N–H and O–H groups in total. The Labute approximate surface area is 192 Å². The fraction of sp³-hybridized carbons (Fsp3) is 0.333. The summed E-state index contributed by atoms with van der Waals surface area (Å²) in [6, 6.07) is 14.6. The number of amides is 2. The molecule has 1 aliphatic rings. The molecule has 3 aromatic rings. The highest BCUT2D eigenvalue weighted by Crippen LogP contribution is 2.24. The number of ether oxygens (including phenoxy) is 1. The normalized spacial score (nSPS) is 15.0. The first-order valence-electron chi connectivity index (χ1n) is 10.6. The Balaban J connectivity index is 1.38. The third kappa shape index (κ3) is 4.39. The van der Waals surface area contributed by atoms with Gasteiger partial charge < -0.3 is 24.4 Å². The van der Waals surface area contributed by atoms with Gasteiger partial charge in [-0.2, -0.15) is 0 Å². The molecular weight excluding hydrogens is 428 g/mol. The van der Waals surface area contributed by atoms with Crippen LogP contribution in [0.2, 0.25) is 5.02 Å². The molecular formula is C24H27ClN4O3. The van der Waals surface area contributed by atoms with E-state index in [0.717, 1.165) is 35.4 Å². The van der Waals surface area contributed by atoms with Crippen LogP contribution in [0.4, 0.5) is 5.69 Å². The van der Waals surface area contributed by atoms with Crippen LogP contribution in [-0.4, -0.2) is 60.6 Å². The second-order valence-corrected chi connectivity index (χ2v) is 8.44. The molecule has 2 amide bonds. The van der Waals surface area contributed by atoms with Crippen molar-refractivity contribution in [3.05, 3.63) is 59.2 Å². The van der Waals surface area contributed by atoms with E-state index in [1.165, 1.54) is 0 Å². The molecule has 8 heteroatoms. The maximum Gasteiger partial charge on any atom is 0.268 e. The van der Waals surface area contributed by atoms with Crippen LogP contribution in [0, 0.1) is 0 Å². The number of carbonyl (C=O) groups excluding carboxylic acids is 2. The summed E-state index contributed by atoms with van der Waals surface area (Å²) < 4.78 is 7.09. The third-order valence-electron chi connectivity index (χ3n) is 5.96. The summed E-state index contributed by atoms with van der Waals surface area (Å²) in [7, 11) is 3.45. The number of aryl methyl sites for hydroxylation is 1. The highest BCUT2D eigenvalue weighted by atomic mass is 35.5.